The lowest BCUT2D eigenvalue weighted by molar-refractivity contribution is -0.113. The van der Waals surface area contributed by atoms with Gasteiger partial charge in [0.1, 0.15) is 0 Å². The van der Waals surface area contributed by atoms with Crippen LogP contribution in [0, 0.1) is 6.92 Å². The van der Waals surface area contributed by atoms with Crippen LogP contribution >= 0.6 is 11.8 Å². The minimum Gasteiger partial charge on any atom is -0.493 e. The molecule has 1 heterocycles. The Kier molecular flexibility index (Phi) is 6.61. The van der Waals surface area contributed by atoms with E-state index in [1.165, 1.54) is 21.3 Å². The van der Waals surface area contributed by atoms with Crippen molar-refractivity contribution in [1.29, 1.82) is 0 Å². The molecule has 0 aliphatic carbocycles. The summed E-state index contributed by atoms with van der Waals surface area (Å²) in [4.78, 5) is 12.3. The van der Waals surface area contributed by atoms with Crippen LogP contribution in [0.1, 0.15) is 5.56 Å². The van der Waals surface area contributed by atoms with Crippen molar-refractivity contribution in [2.24, 2.45) is 0 Å². The van der Waals surface area contributed by atoms with Crippen LogP contribution in [0.25, 0.3) is 11.5 Å². The molecule has 0 unspecified atom stereocenters. The van der Waals surface area contributed by atoms with Crippen molar-refractivity contribution >= 4 is 23.4 Å². The van der Waals surface area contributed by atoms with Crippen LogP contribution in [-0.4, -0.2) is 43.2 Å². The van der Waals surface area contributed by atoms with Gasteiger partial charge in [-0.15, -0.1) is 10.2 Å². The van der Waals surface area contributed by atoms with E-state index in [-0.39, 0.29) is 11.7 Å². The molecule has 0 spiro atoms. The first kappa shape index (κ1) is 20.5. The number of benzene rings is 2. The molecule has 0 atom stereocenters. The summed E-state index contributed by atoms with van der Waals surface area (Å²) in [5.74, 6) is 1.64. The maximum absolute atomic E-state index is 12.3. The number of methoxy groups -OCH3 is 3. The van der Waals surface area contributed by atoms with E-state index in [0.717, 1.165) is 22.9 Å². The number of ether oxygens (including phenoxy) is 3. The molecule has 3 aromatic rings. The lowest BCUT2D eigenvalue weighted by Crippen LogP contribution is -2.14. The van der Waals surface area contributed by atoms with E-state index in [0.29, 0.717) is 34.0 Å². The van der Waals surface area contributed by atoms with Gasteiger partial charge in [0.15, 0.2) is 11.5 Å². The van der Waals surface area contributed by atoms with E-state index in [1.807, 2.05) is 31.2 Å². The van der Waals surface area contributed by atoms with Gasteiger partial charge in [-0.25, -0.2) is 0 Å². The number of thioether (sulfide) groups is 1. The number of hydrogen-bond acceptors (Lipinski definition) is 8. The molecule has 2 aromatic carbocycles. The molecule has 1 N–H and O–H groups in total. The Morgan fingerprint density at radius 3 is 2.28 bits per heavy atom. The number of amides is 1. The van der Waals surface area contributed by atoms with E-state index < -0.39 is 0 Å². The molecule has 8 nitrogen and oxygen atoms in total. The van der Waals surface area contributed by atoms with Crippen molar-refractivity contribution in [3.05, 3.63) is 42.0 Å². The van der Waals surface area contributed by atoms with E-state index in [9.17, 15) is 4.79 Å². The smallest absolute Gasteiger partial charge is 0.277 e. The van der Waals surface area contributed by atoms with Crippen LogP contribution < -0.4 is 19.5 Å². The lowest BCUT2D eigenvalue weighted by Gasteiger charge is -2.14. The highest BCUT2D eigenvalue weighted by Crippen LogP contribution is 2.40. The first-order chi connectivity index (χ1) is 14.0. The van der Waals surface area contributed by atoms with Gasteiger partial charge < -0.3 is 23.9 Å². The van der Waals surface area contributed by atoms with E-state index >= 15 is 0 Å². The monoisotopic (exact) mass is 415 g/mol. The number of rotatable bonds is 8. The summed E-state index contributed by atoms with van der Waals surface area (Å²) in [5.41, 5.74) is 2.50. The number of anilines is 1. The van der Waals surface area contributed by atoms with Crippen LogP contribution in [0.3, 0.4) is 0 Å². The molecule has 0 aliphatic rings. The molecule has 152 valence electrons. The zero-order valence-corrected chi connectivity index (χ0v) is 17.3. The average molecular weight is 415 g/mol. The third kappa shape index (κ3) is 5.00. The summed E-state index contributed by atoms with van der Waals surface area (Å²) in [5, 5.41) is 11.1. The molecular weight excluding hydrogens is 394 g/mol. The highest BCUT2D eigenvalue weighted by molar-refractivity contribution is 7.99. The molecule has 1 amide bonds. The van der Waals surface area contributed by atoms with Gasteiger partial charge in [0, 0.05) is 23.4 Å². The summed E-state index contributed by atoms with van der Waals surface area (Å²) in [6, 6.07) is 11.1. The van der Waals surface area contributed by atoms with Gasteiger partial charge in [-0.3, -0.25) is 4.79 Å². The highest BCUT2D eigenvalue weighted by atomic mass is 32.2. The van der Waals surface area contributed by atoms with Gasteiger partial charge in [-0.1, -0.05) is 29.5 Å². The number of nitrogens with zero attached hydrogens (tertiary/aromatic N) is 2. The van der Waals surface area contributed by atoms with E-state index in [2.05, 4.69) is 15.5 Å². The molecule has 1 aromatic heterocycles. The van der Waals surface area contributed by atoms with Crippen molar-refractivity contribution in [2.75, 3.05) is 32.4 Å². The predicted octanol–water partition coefficient (Wildman–Crippen LogP) is 3.80. The minimum absolute atomic E-state index is 0.103. The Morgan fingerprint density at radius 1 is 1.03 bits per heavy atom. The summed E-state index contributed by atoms with van der Waals surface area (Å²) < 4.78 is 21.5. The van der Waals surface area contributed by atoms with Crippen LogP contribution in [0.15, 0.2) is 46.0 Å². The number of carbonyl (C=O) groups is 1. The van der Waals surface area contributed by atoms with Crippen LogP contribution in [-0.2, 0) is 4.79 Å². The fourth-order valence-corrected chi connectivity index (χ4v) is 3.12. The van der Waals surface area contributed by atoms with Crippen molar-refractivity contribution < 1.29 is 23.4 Å². The number of aryl methyl sites for hydroxylation is 1. The Bertz CT molecular complexity index is 963. The normalized spacial score (nSPS) is 10.5. The quantitative estimate of drug-likeness (QED) is 0.555. The van der Waals surface area contributed by atoms with Gasteiger partial charge in [-0.05, 0) is 19.1 Å². The number of carbonyl (C=O) groups excluding carboxylic acids is 1. The first-order valence-corrected chi connectivity index (χ1v) is 9.65. The maximum atomic E-state index is 12.3. The maximum Gasteiger partial charge on any atom is 0.277 e. The molecule has 0 fully saturated rings. The SMILES string of the molecule is COc1cc(NC(=O)CSc2nnc(-c3ccc(C)cc3)o2)cc(OC)c1OC. The number of nitrogens with one attached hydrogen (secondary N) is 1. The topological polar surface area (TPSA) is 95.7 Å². The molecule has 9 heteroatoms. The second kappa shape index (κ2) is 9.33. The zero-order chi connectivity index (χ0) is 20.8. The molecule has 0 bridgehead atoms. The molecular formula is C20H21N3O5S. The fraction of sp³-hybridized carbons (Fsp3) is 0.250. The largest absolute Gasteiger partial charge is 0.493 e. The summed E-state index contributed by atoms with van der Waals surface area (Å²) >= 11 is 1.15. The Morgan fingerprint density at radius 2 is 1.69 bits per heavy atom. The number of hydrogen-bond donors (Lipinski definition) is 1. The Hall–Kier alpha value is -3.20. The highest BCUT2D eigenvalue weighted by Gasteiger charge is 2.16. The second-order valence-corrected chi connectivity index (χ2v) is 6.92. The Labute approximate surface area is 172 Å². The lowest BCUT2D eigenvalue weighted by atomic mass is 10.1. The molecule has 29 heavy (non-hydrogen) atoms. The fourth-order valence-electron chi connectivity index (χ4n) is 2.56. The van der Waals surface area contributed by atoms with Crippen molar-refractivity contribution in [3.8, 4) is 28.7 Å². The van der Waals surface area contributed by atoms with Crippen molar-refractivity contribution in [2.45, 2.75) is 12.1 Å². The third-order valence-corrected chi connectivity index (χ3v) is 4.80. The van der Waals surface area contributed by atoms with E-state index in [1.54, 1.807) is 12.1 Å². The van der Waals surface area contributed by atoms with Gasteiger partial charge in [-0.2, -0.15) is 0 Å². The minimum atomic E-state index is -0.237. The zero-order valence-electron chi connectivity index (χ0n) is 16.5. The van der Waals surface area contributed by atoms with E-state index in [4.69, 9.17) is 18.6 Å². The molecule has 3 rings (SSSR count). The average Bonchev–Trinajstić information content (AvgIpc) is 3.21. The van der Waals surface area contributed by atoms with Gasteiger partial charge in [0.05, 0.1) is 27.1 Å². The summed E-state index contributed by atoms with van der Waals surface area (Å²) in [6.45, 7) is 2.01. The molecule has 0 saturated heterocycles. The van der Waals surface area contributed by atoms with Crippen LogP contribution in [0.4, 0.5) is 5.69 Å². The predicted molar refractivity (Wildman–Crippen MR) is 110 cm³/mol. The molecule has 0 radical (unpaired) electrons. The van der Waals surface area contributed by atoms with Gasteiger partial charge in [0.2, 0.25) is 17.5 Å². The van der Waals surface area contributed by atoms with Crippen LogP contribution in [0.2, 0.25) is 0 Å². The Balaban J connectivity index is 1.62. The molecule has 0 saturated carbocycles. The third-order valence-electron chi connectivity index (χ3n) is 3.98. The van der Waals surface area contributed by atoms with Crippen molar-refractivity contribution in [3.63, 3.8) is 0 Å². The van der Waals surface area contributed by atoms with Crippen molar-refractivity contribution in [1.82, 2.24) is 10.2 Å². The summed E-state index contributed by atoms with van der Waals surface area (Å²) in [6.07, 6.45) is 0. The molecule has 0 aliphatic heterocycles. The summed E-state index contributed by atoms with van der Waals surface area (Å²) in [7, 11) is 4.55. The standard InChI is InChI=1S/C20H21N3O5S/c1-12-5-7-13(8-6-12)19-22-23-20(28-19)29-11-17(24)21-14-9-15(25-2)18(27-4)16(10-14)26-3/h5-10H,11H2,1-4H3,(H,21,24). The second-order valence-electron chi connectivity index (χ2n) is 5.99. The first-order valence-electron chi connectivity index (χ1n) is 8.67. The van der Waals surface area contributed by atoms with Gasteiger partial charge in [0.25, 0.3) is 5.22 Å². The van der Waals surface area contributed by atoms with Gasteiger partial charge >= 0.3 is 0 Å². The van der Waals surface area contributed by atoms with Crippen LogP contribution in [0.5, 0.6) is 17.2 Å². The number of aromatic nitrogens is 2.